The molecule has 2 rings (SSSR count). The summed E-state index contributed by atoms with van der Waals surface area (Å²) in [5, 5.41) is 6.29. The Hall–Kier alpha value is -1.62. The number of methoxy groups -OCH3 is 1. The minimum atomic E-state index is -0.385. The lowest BCUT2D eigenvalue weighted by Crippen LogP contribution is -2.38. The third-order valence-corrected chi connectivity index (χ3v) is 3.84. The Morgan fingerprint density at radius 1 is 1.52 bits per heavy atom. The molecule has 1 heterocycles. The van der Waals surface area contributed by atoms with E-state index in [-0.39, 0.29) is 17.5 Å². The number of amides is 1. The summed E-state index contributed by atoms with van der Waals surface area (Å²) >= 11 is 0. The van der Waals surface area contributed by atoms with Crippen molar-refractivity contribution in [2.75, 3.05) is 26.7 Å². The molecule has 0 aliphatic carbocycles. The number of carbonyl (C=O) groups is 1. The van der Waals surface area contributed by atoms with E-state index in [0.29, 0.717) is 18.8 Å². The Morgan fingerprint density at radius 3 is 3.05 bits per heavy atom. The van der Waals surface area contributed by atoms with Crippen molar-refractivity contribution in [2.45, 2.75) is 25.7 Å². The molecule has 0 saturated carbocycles. The summed E-state index contributed by atoms with van der Waals surface area (Å²) in [5.74, 6) is 0.398. The Labute approximate surface area is 125 Å². The zero-order chi connectivity index (χ0) is 15.1. The molecule has 4 nitrogen and oxygen atoms in total. The van der Waals surface area contributed by atoms with Crippen molar-refractivity contribution < 1.29 is 13.9 Å². The number of nitrogens with one attached hydrogen (secondary N) is 2. The van der Waals surface area contributed by atoms with Crippen LogP contribution >= 0.6 is 0 Å². The van der Waals surface area contributed by atoms with E-state index in [1.165, 1.54) is 19.6 Å². The second kappa shape index (κ2) is 7.98. The Kier molecular flexibility index (Phi) is 5.99. The molecule has 0 bridgehead atoms. The average molecular weight is 294 g/mol. The number of aryl methyl sites for hydroxylation is 1. The van der Waals surface area contributed by atoms with E-state index in [1.807, 2.05) is 0 Å². The summed E-state index contributed by atoms with van der Waals surface area (Å²) in [6.45, 7) is 2.78. The quantitative estimate of drug-likeness (QED) is 0.842. The van der Waals surface area contributed by atoms with E-state index in [2.05, 4.69) is 10.6 Å². The molecule has 1 saturated heterocycles. The number of piperidine rings is 1. The zero-order valence-electron chi connectivity index (χ0n) is 12.5. The highest BCUT2D eigenvalue weighted by molar-refractivity contribution is 5.76. The molecule has 1 aromatic rings. The highest BCUT2D eigenvalue weighted by Gasteiger charge is 2.13. The van der Waals surface area contributed by atoms with Gasteiger partial charge in [-0.2, -0.15) is 0 Å². The minimum absolute atomic E-state index is 0.0248. The van der Waals surface area contributed by atoms with E-state index < -0.39 is 0 Å². The van der Waals surface area contributed by atoms with Gasteiger partial charge in [0.05, 0.1) is 7.11 Å². The number of halogens is 1. The van der Waals surface area contributed by atoms with Crippen LogP contribution in [0.15, 0.2) is 18.2 Å². The fourth-order valence-corrected chi connectivity index (χ4v) is 2.57. The lowest BCUT2D eigenvalue weighted by Gasteiger charge is -2.22. The number of ether oxygens (including phenoxy) is 1. The fourth-order valence-electron chi connectivity index (χ4n) is 2.57. The summed E-state index contributed by atoms with van der Waals surface area (Å²) < 4.78 is 18.4. The predicted octanol–water partition coefficient (Wildman–Crippen LogP) is 1.88. The predicted molar refractivity (Wildman–Crippen MR) is 79.9 cm³/mol. The third kappa shape index (κ3) is 5.01. The van der Waals surface area contributed by atoms with Gasteiger partial charge in [-0.3, -0.25) is 4.79 Å². The lowest BCUT2D eigenvalue weighted by atomic mass is 9.99. The molecule has 2 N–H and O–H groups in total. The Morgan fingerprint density at radius 2 is 2.38 bits per heavy atom. The minimum Gasteiger partial charge on any atom is -0.494 e. The molecule has 1 aliphatic rings. The molecule has 1 aliphatic heterocycles. The molecule has 116 valence electrons. The Balaban J connectivity index is 1.71. The van der Waals surface area contributed by atoms with Crippen molar-refractivity contribution in [3.05, 3.63) is 29.6 Å². The van der Waals surface area contributed by atoms with Crippen LogP contribution in [0, 0.1) is 11.7 Å². The first-order valence-corrected chi connectivity index (χ1v) is 7.49. The molecular weight excluding hydrogens is 271 g/mol. The van der Waals surface area contributed by atoms with Crippen molar-refractivity contribution in [2.24, 2.45) is 5.92 Å². The SMILES string of the molecule is COc1ccc(CCC(=O)NCC2CCCNC2)cc1F. The van der Waals surface area contributed by atoms with Gasteiger partial charge in [0.2, 0.25) is 5.91 Å². The van der Waals surface area contributed by atoms with Gasteiger partial charge in [-0.05, 0) is 56.0 Å². The normalized spacial score (nSPS) is 18.3. The van der Waals surface area contributed by atoms with Gasteiger partial charge in [-0.15, -0.1) is 0 Å². The topological polar surface area (TPSA) is 50.4 Å². The highest BCUT2D eigenvalue weighted by atomic mass is 19.1. The van der Waals surface area contributed by atoms with Crippen molar-refractivity contribution in [1.29, 1.82) is 0 Å². The first-order valence-electron chi connectivity index (χ1n) is 7.49. The molecule has 1 amide bonds. The van der Waals surface area contributed by atoms with Gasteiger partial charge < -0.3 is 15.4 Å². The summed E-state index contributed by atoms with van der Waals surface area (Å²) in [5.41, 5.74) is 0.808. The van der Waals surface area contributed by atoms with E-state index in [1.54, 1.807) is 12.1 Å². The number of benzene rings is 1. The molecule has 5 heteroatoms. The second-order valence-corrected chi connectivity index (χ2v) is 5.49. The van der Waals surface area contributed by atoms with E-state index in [9.17, 15) is 9.18 Å². The smallest absolute Gasteiger partial charge is 0.220 e. The number of rotatable bonds is 6. The van der Waals surface area contributed by atoms with Crippen molar-refractivity contribution >= 4 is 5.91 Å². The Bertz CT molecular complexity index is 473. The first-order chi connectivity index (χ1) is 10.2. The summed E-state index contributed by atoms with van der Waals surface area (Å²) in [6.07, 6.45) is 3.25. The standard InChI is InChI=1S/C16H23FN2O2/c1-21-15-6-4-12(9-14(15)17)5-7-16(20)19-11-13-3-2-8-18-10-13/h4,6,9,13,18H,2-3,5,7-8,10-11H2,1H3,(H,19,20). The molecule has 0 radical (unpaired) electrons. The zero-order valence-corrected chi connectivity index (χ0v) is 12.5. The van der Waals surface area contributed by atoms with Gasteiger partial charge in [-0.1, -0.05) is 6.07 Å². The van der Waals surface area contributed by atoms with Crippen LogP contribution in [0.25, 0.3) is 0 Å². The molecule has 0 aromatic heterocycles. The maximum Gasteiger partial charge on any atom is 0.220 e. The number of hydrogen-bond acceptors (Lipinski definition) is 3. The van der Waals surface area contributed by atoms with Gasteiger partial charge in [-0.25, -0.2) is 4.39 Å². The van der Waals surface area contributed by atoms with Crippen LogP contribution in [0.2, 0.25) is 0 Å². The van der Waals surface area contributed by atoms with Gasteiger partial charge in [0.15, 0.2) is 11.6 Å². The maximum absolute atomic E-state index is 13.5. The molecule has 1 aromatic carbocycles. The van der Waals surface area contributed by atoms with Crippen LogP contribution < -0.4 is 15.4 Å². The van der Waals surface area contributed by atoms with Crippen LogP contribution in [0.3, 0.4) is 0 Å². The second-order valence-electron chi connectivity index (χ2n) is 5.49. The van der Waals surface area contributed by atoms with Gasteiger partial charge in [0, 0.05) is 13.0 Å². The van der Waals surface area contributed by atoms with Crippen molar-refractivity contribution in [3.8, 4) is 5.75 Å². The van der Waals surface area contributed by atoms with Crippen LogP contribution in [-0.4, -0.2) is 32.7 Å². The molecule has 1 atom stereocenters. The van der Waals surface area contributed by atoms with Crippen molar-refractivity contribution in [3.63, 3.8) is 0 Å². The fraction of sp³-hybridized carbons (Fsp3) is 0.562. The van der Waals surface area contributed by atoms with Gasteiger partial charge in [0.1, 0.15) is 0 Å². The number of carbonyl (C=O) groups excluding carboxylic acids is 1. The third-order valence-electron chi connectivity index (χ3n) is 3.84. The summed E-state index contributed by atoms with van der Waals surface area (Å²) in [4.78, 5) is 11.8. The summed E-state index contributed by atoms with van der Waals surface area (Å²) in [6, 6.07) is 4.81. The van der Waals surface area contributed by atoms with Crippen molar-refractivity contribution in [1.82, 2.24) is 10.6 Å². The molecule has 21 heavy (non-hydrogen) atoms. The largest absolute Gasteiger partial charge is 0.494 e. The molecule has 1 fully saturated rings. The van der Waals surface area contributed by atoms with Gasteiger partial charge >= 0.3 is 0 Å². The van der Waals surface area contributed by atoms with E-state index in [4.69, 9.17) is 4.74 Å². The molecule has 1 unspecified atom stereocenters. The van der Waals surface area contributed by atoms with E-state index in [0.717, 1.165) is 31.6 Å². The van der Waals surface area contributed by atoms with E-state index >= 15 is 0 Å². The van der Waals surface area contributed by atoms with Crippen LogP contribution in [0.1, 0.15) is 24.8 Å². The monoisotopic (exact) mass is 294 g/mol. The number of hydrogen-bond donors (Lipinski definition) is 2. The molecular formula is C16H23FN2O2. The lowest BCUT2D eigenvalue weighted by molar-refractivity contribution is -0.121. The van der Waals surface area contributed by atoms with Crippen LogP contribution in [-0.2, 0) is 11.2 Å². The summed E-state index contributed by atoms with van der Waals surface area (Å²) in [7, 11) is 1.44. The van der Waals surface area contributed by atoms with Crippen LogP contribution in [0.5, 0.6) is 5.75 Å². The first kappa shape index (κ1) is 15.8. The van der Waals surface area contributed by atoms with Gasteiger partial charge in [0.25, 0.3) is 0 Å². The average Bonchev–Trinajstić information content (AvgIpc) is 2.52. The highest BCUT2D eigenvalue weighted by Crippen LogP contribution is 2.18. The maximum atomic E-state index is 13.5. The van der Waals surface area contributed by atoms with Crippen LogP contribution in [0.4, 0.5) is 4.39 Å². The molecule has 0 spiro atoms.